The maximum absolute atomic E-state index is 13.2. The molecule has 0 atom stereocenters. The van der Waals surface area contributed by atoms with Crippen LogP contribution in [0.1, 0.15) is 37.5 Å². The van der Waals surface area contributed by atoms with Crippen LogP contribution in [0.5, 0.6) is 0 Å². The van der Waals surface area contributed by atoms with Gasteiger partial charge in [-0.2, -0.15) is 0 Å². The van der Waals surface area contributed by atoms with Crippen molar-refractivity contribution in [1.82, 2.24) is 4.40 Å². The number of nitrogens with one attached hydrogen (secondary N) is 1. The first kappa shape index (κ1) is 18.5. The van der Waals surface area contributed by atoms with E-state index in [4.69, 9.17) is 5.73 Å². The number of rotatable bonds is 4. The number of carbonyl (C=O) groups is 2. The molecule has 2 aromatic carbocycles. The number of ketones is 1. The maximum Gasteiger partial charge on any atom is 0.259 e. The molecule has 0 radical (unpaired) electrons. The van der Waals surface area contributed by atoms with Gasteiger partial charge < -0.3 is 15.5 Å². The average Bonchev–Trinajstić information content (AvgIpc) is 3.03. The number of fused-ring (bicyclic) bond motifs is 1. The van der Waals surface area contributed by atoms with E-state index in [2.05, 4.69) is 5.32 Å². The lowest BCUT2D eigenvalue weighted by atomic mass is 10.1. The Balaban J connectivity index is 1.83. The molecule has 0 fully saturated rings. The van der Waals surface area contributed by atoms with E-state index in [1.807, 2.05) is 44.2 Å². The summed E-state index contributed by atoms with van der Waals surface area (Å²) in [6.07, 6.45) is 1.75. The molecule has 5 nitrogen and oxygen atoms in total. The van der Waals surface area contributed by atoms with Gasteiger partial charge in [0.2, 0.25) is 5.78 Å². The van der Waals surface area contributed by atoms with Gasteiger partial charge in [-0.15, -0.1) is 0 Å². The highest BCUT2D eigenvalue weighted by atomic mass is 16.2. The van der Waals surface area contributed by atoms with Crippen molar-refractivity contribution in [2.45, 2.75) is 13.8 Å². The molecule has 4 aromatic rings. The fourth-order valence-corrected chi connectivity index (χ4v) is 3.50. The molecule has 0 saturated carbocycles. The van der Waals surface area contributed by atoms with Crippen molar-refractivity contribution >= 4 is 28.6 Å². The third-order valence-corrected chi connectivity index (χ3v) is 5.21. The van der Waals surface area contributed by atoms with Crippen LogP contribution in [0.15, 0.2) is 72.9 Å². The molecule has 1 amide bonds. The predicted molar refractivity (Wildman–Crippen MR) is 116 cm³/mol. The normalized spacial score (nSPS) is 10.8. The summed E-state index contributed by atoms with van der Waals surface area (Å²) < 4.78 is 1.68. The van der Waals surface area contributed by atoms with Crippen LogP contribution in [0.25, 0.3) is 5.52 Å². The second kappa shape index (κ2) is 7.28. The van der Waals surface area contributed by atoms with Gasteiger partial charge in [0.1, 0.15) is 5.69 Å². The summed E-state index contributed by atoms with van der Waals surface area (Å²) in [5.41, 5.74) is 11.0. The molecular weight excluding hydrogens is 362 g/mol. The lowest BCUT2D eigenvalue weighted by molar-refractivity contribution is 0.102. The smallest absolute Gasteiger partial charge is 0.259 e. The first-order valence-corrected chi connectivity index (χ1v) is 9.35. The van der Waals surface area contributed by atoms with Crippen LogP contribution < -0.4 is 11.1 Å². The van der Waals surface area contributed by atoms with Gasteiger partial charge in [-0.05, 0) is 43.2 Å². The number of nitrogens with zero attached hydrogens (tertiary/aromatic N) is 1. The summed E-state index contributed by atoms with van der Waals surface area (Å²) in [6.45, 7) is 3.94. The molecule has 0 bridgehead atoms. The van der Waals surface area contributed by atoms with Crippen molar-refractivity contribution in [2.75, 3.05) is 11.1 Å². The Labute approximate surface area is 168 Å². The van der Waals surface area contributed by atoms with Gasteiger partial charge in [0.05, 0.1) is 16.8 Å². The molecule has 3 N–H and O–H groups in total. The zero-order valence-electron chi connectivity index (χ0n) is 16.3. The van der Waals surface area contributed by atoms with Gasteiger partial charge >= 0.3 is 0 Å². The van der Waals surface area contributed by atoms with E-state index in [1.54, 1.807) is 47.0 Å². The highest BCUT2D eigenvalue weighted by Gasteiger charge is 2.26. The molecule has 144 valence electrons. The van der Waals surface area contributed by atoms with E-state index in [-0.39, 0.29) is 23.1 Å². The minimum atomic E-state index is -0.341. The van der Waals surface area contributed by atoms with Gasteiger partial charge in [0, 0.05) is 17.4 Å². The number of benzene rings is 2. The van der Waals surface area contributed by atoms with Crippen LogP contribution in [-0.4, -0.2) is 16.1 Å². The van der Waals surface area contributed by atoms with Crippen molar-refractivity contribution in [3.05, 3.63) is 101 Å². The number of nitrogens with two attached hydrogens (primary N) is 1. The minimum absolute atomic E-state index is 0.174. The molecule has 0 aliphatic rings. The lowest BCUT2D eigenvalue weighted by Gasteiger charge is -2.10. The SMILES string of the molecule is Cc1cccc(NC(=O)c2c(N)c(C(=O)c3ccccc3)n3ccccc23)c1C. The molecule has 29 heavy (non-hydrogen) atoms. The molecule has 0 spiro atoms. The largest absolute Gasteiger partial charge is 0.396 e. The Morgan fingerprint density at radius 1 is 0.897 bits per heavy atom. The van der Waals surface area contributed by atoms with Gasteiger partial charge in [0.15, 0.2) is 0 Å². The van der Waals surface area contributed by atoms with Gasteiger partial charge in [-0.1, -0.05) is 48.5 Å². The topological polar surface area (TPSA) is 76.6 Å². The molecule has 5 heteroatoms. The quantitative estimate of drug-likeness (QED) is 0.505. The molecular formula is C24H21N3O2. The van der Waals surface area contributed by atoms with Crippen molar-refractivity contribution in [2.24, 2.45) is 0 Å². The second-order valence-electron chi connectivity index (χ2n) is 6.99. The first-order chi connectivity index (χ1) is 14.0. The van der Waals surface area contributed by atoms with Crippen LogP contribution in [0.4, 0.5) is 11.4 Å². The summed E-state index contributed by atoms with van der Waals surface area (Å²) in [7, 11) is 0. The molecule has 0 saturated heterocycles. The van der Waals surface area contributed by atoms with Crippen LogP contribution in [0, 0.1) is 13.8 Å². The Kier molecular flexibility index (Phi) is 4.64. The zero-order valence-corrected chi connectivity index (χ0v) is 16.3. The lowest BCUT2D eigenvalue weighted by Crippen LogP contribution is -2.15. The Hall–Kier alpha value is -3.86. The standard InChI is InChI=1S/C24H21N3O2/c1-15-9-8-12-18(16(15)2)26-24(29)20-19-13-6-7-14-27(19)22(21(20)25)23(28)17-10-4-3-5-11-17/h3-14H,25H2,1-2H3,(H,26,29). The first-order valence-electron chi connectivity index (χ1n) is 9.35. The van der Waals surface area contributed by atoms with Crippen molar-refractivity contribution in [3.8, 4) is 0 Å². The zero-order chi connectivity index (χ0) is 20.5. The molecule has 0 aliphatic carbocycles. The Morgan fingerprint density at radius 3 is 2.38 bits per heavy atom. The van der Waals surface area contributed by atoms with Gasteiger partial charge in [-0.3, -0.25) is 9.59 Å². The number of aromatic nitrogens is 1. The fraction of sp³-hybridized carbons (Fsp3) is 0.0833. The minimum Gasteiger partial charge on any atom is -0.396 e. The van der Waals surface area contributed by atoms with Crippen LogP contribution in [0.2, 0.25) is 0 Å². The Bertz CT molecular complexity index is 1240. The van der Waals surface area contributed by atoms with Crippen LogP contribution in [0.3, 0.4) is 0 Å². The average molecular weight is 383 g/mol. The summed E-state index contributed by atoms with van der Waals surface area (Å²) >= 11 is 0. The van der Waals surface area contributed by atoms with Crippen molar-refractivity contribution in [1.29, 1.82) is 0 Å². The van der Waals surface area contributed by atoms with Crippen LogP contribution in [-0.2, 0) is 0 Å². The number of hydrogen-bond acceptors (Lipinski definition) is 3. The Morgan fingerprint density at radius 2 is 1.62 bits per heavy atom. The van der Waals surface area contributed by atoms with Crippen molar-refractivity contribution in [3.63, 3.8) is 0 Å². The number of carbonyl (C=O) groups excluding carboxylic acids is 2. The number of hydrogen-bond donors (Lipinski definition) is 2. The fourth-order valence-electron chi connectivity index (χ4n) is 3.50. The maximum atomic E-state index is 13.2. The number of aryl methyl sites for hydroxylation is 1. The van der Waals surface area contributed by atoms with E-state index in [0.717, 1.165) is 16.8 Å². The predicted octanol–water partition coefficient (Wildman–Crippen LogP) is 4.62. The van der Waals surface area contributed by atoms with Crippen LogP contribution >= 0.6 is 0 Å². The van der Waals surface area contributed by atoms with E-state index >= 15 is 0 Å². The number of pyridine rings is 1. The van der Waals surface area contributed by atoms with Crippen molar-refractivity contribution < 1.29 is 9.59 Å². The second-order valence-corrected chi connectivity index (χ2v) is 6.99. The third kappa shape index (κ3) is 3.17. The monoisotopic (exact) mass is 383 g/mol. The summed E-state index contributed by atoms with van der Waals surface area (Å²) in [4.78, 5) is 26.3. The third-order valence-electron chi connectivity index (χ3n) is 5.21. The van der Waals surface area contributed by atoms with E-state index in [9.17, 15) is 9.59 Å². The van der Waals surface area contributed by atoms with E-state index in [0.29, 0.717) is 16.6 Å². The van der Waals surface area contributed by atoms with E-state index < -0.39 is 0 Å². The number of nitrogen functional groups attached to an aromatic ring is 1. The number of amides is 1. The number of anilines is 2. The summed E-state index contributed by atoms with van der Waals surface area (Å²) in [5, 5.41) is 2.95. The molecule has 0 aliphatic heterocycles. The molecule has 2 aromatic heterocycles. The van der Waals surface area contributed by atoms with Gasteiger partial charge in [0.25, 0.3) is 5.91 Å². The summed E-state index contributed by atoms with van der Waals surface area (Å²) in [6, 6.07) is 20.1. The van der Waals surface area contributed by atoms with E-state index in [1.165, 1.54) is 0 Å². The molecule has 2 heterocycles. The summed E-state index contributed by atoms with van der Waals surface area (Å²) in [5.74, 6) is -0.568. The molecule has 4 rings (SSSR count). The molecule has 0 unspecified atom stereocenters. The highest BCUT2D eigenvalue weighted by Crippen LogP contribution is 2.30. The van der Waals surface area contributed by atoms with Gasteiger partial charge in [-0.25, -0.2) is 0 Å². The highest BCUT2D eigenvalue weighted by molar-refractivity contribution is 6.20.